The number of carboxylic acids is 1. The van der Waals surface area contributed by atoms with Crippen molar-refractivity contribution in [3.8, 4) is 11.1 Å². The normalized spacial score (nSPS) is 13.1. The molecule has 11 heteroatoms. The van der Waals surface area contributed by atoms with Crippen LogP contribution in [0.1, 0.15) is 39.3 Å². The first-order valence-corrected chi connectivity index (χ1v) is 19.4. The molecule has 1 aliphatic carbocycles. The first-order chi connectivity index (χ1) is 27.7. The molecular formula is C46H39N3O7S. The van der Waals surface area contributed by atoms with Crippen LogP contribution in [0.4, 0.5) is 10.5 Å². The van der Waals surface area contributed by atoms with Gasteiger partial charge in [0.05, 0.1) is 9.67 Å². The molecule has 6 aromatic carbocycles. The van der Waals surface area contributed by atoms with E-state index in [2.05, 4.69) is 10.6 Å². The van der Waals surface area contributed by atoms with Crippen molar-refractivity contribution in [1.29, 1.82) is 0 Å². The summed E-state index contributed by atoms with van der Waals surface area (Å²) in [7, 11) is 0. The zero-order chi connectivity index (χ0) is 39.8. The Kier molecular flexibility index (Phi) is 11.8. The van der Waals surface area contributed by atoms with E-state index in [0.717, 1.165) is 38.9 Å². The molecule has 0 heterocycles. The summed E-state index contributed by atoms with van der Waals surface area (Å²) in [4.78, 5) is 51.3. The fourth-order valence-electron chi connectivity index (χ4n) is 7.40. The molecule has 0 spiro atoms. The van der Waals surface area contributed by atoms with E-state index < -0.39 is 39.7 Å². The zero-order valence-electron chi connectivity index (χ0n) is 30.7. The van der Waals surface area contributed by atoms with E-state index in [-0.39, 0.29) is 30.4 Å². The number of rotatable bonds is 15. The average Bonchev–Trinajstić information content (AvgIpc) is 3.57. The molecule has 0 unspecified atom stereocenters. The molecule has 0 bridgehead atoms. The van der Waals surface area contributed by atoms with Gasteiger partial charge in [-0.3, -0.25) is 14.9 Å². The van der Waals surface area contributed by atoms with Crippen molar-refractivity contribution in [2.24, 2.45) is 0 Å². The van der Waals surface area contributed by atoms with Gasteiger partial charge in [-0.2, -0.15) is 0 Å². The molecule has 3 N–H and O–H groups in total. The lowest BCUT2D eigenvalue weighted by atomic mass is 9.84. The standard InChI is InChI=1S/C46H39N3O7S/c50-43(47-41(44(51)52)28-31-24-26-35(27-25-31)49(54)55)42(48-45(53)56-29-40-38-22-12-10-20-36(38)37-21-11-13-23-39(37)40)30-57-46(32-14-4-1-5-15-32,33-16-6-2-7-17-33)34-18-8-3-9-19-34/h1-27,40-42H,28-30H2,(H,47,50)(H,48,53)(H,51,52)/t41-,42+/m0/s1. The third-order valence-corrected chi connectivity index (χ3v) is 11.8. The second kappa shape index (κ2) is 17.4. The maximum atomic E-state index is 14.3. The van der Waals surface area contributed by atoms with Crippen LogP contribution in [0.5, 0.6) is 0 Å². The Balaban J connectivity index is 1.19. The average molecular weight is 778 g/mol. The van der Waals surface area contributed by atoms with E-state index in [9.17, 15) is 29.6 Å². The lowest BCUT2D eigenvalue weighted by Gasteiger charge is -2.36. The number of hydrogen-bond donors (Lipinski definition) is 3. The van der Waals surface area contributed by atoms with Crippen molar-refractivity contribution in [3.05, 3.63) is 207 Å². The summed E-state index contributed by atoms with van der Waals surface area (Å²) in [6.07, 6.45) is -0.976. The van der Waals surface area contributed by atoms with Crippen LogP contribution in [0, 0.1) is 10.1 Å². The number of amides is 2. The van der Waals surface area contributed by atoms with Gasteiger partial charge >= 0.3 is 12.1 Å². The predicted octanol–water partition coefficient (Wildman–Crippen LogP) is 8.34. The maximum Gasteiger partial charge on any atom is 0.407 e. The van der Waals surface area contributed by atoms with Crippen LogP contribution in [0.15, 0.2) is 164 Å². The first kappa shape index (κ1) is 38.6. The number of fused-ring (bicyclic) bond motifs is 3. The Morgan fingerprint density at radius 3 is 1.61 bits per heavy atom. The van der Waals surface area contributed by atoms with E-state index in [1.165, 1.54) is 36.0 Å². The van der Waals surface area contributed by atoms with Gasteiger partial charge in [0.15, 0.2) is 0 Å². The lowest BCUT2D eigenvalue weighted by Crippen LogP contribution is -2.53. The van der Waals surface area contributed by atoms with Crippen molar-refractivity contribution in [3.63, 3.8) is 0 Å². The molecule has 7 rings (SSSR count). The molecule has 6 aromatic rings. The van der Waals surface area contributed by atoms with Crippen molar-refractivity contribution < 1.29 is 29.2 Å². The van der Waals surface area contributed by atoms with Crippen molar-refractivity contribution in [2.75, 3.05) is 12.4 Å². The Bertz CT molecular complexity index is 2220. The van der Waals surface area contributed by atoms with Crippen LogP contribution in [-0.2, 0) is 25.5 Å². The summed E-state index contributed by atoms with van der Waals surface area (Å²) in [5.41, 5.74) is 7.36. The molecule has 0 radical (unpaired) electrons. The number of non-ortho nitro benzene ring substituents is 1. The van der Waals surface area contributed by atoms with Crippen molar-refractivity contribution in [1.82, 2.24) is 10.6 Å². The minimum absolute atomic E-state index is 0.0125. The van der Waals surface area contributed by atoms with E-state index >= 15 is 0 Å². The zero-order valence-corrected chi connectivity index (χ0v) is 31.5. The number of benzene rings is 6. The van der Waals surface area contributed by atoms with E-state index in [1.54, 1.807) is 0 Å². The van der Waals surface area contributed by atoms with Crippen LogP contribution in [0.25, 0.3) is 11.1 Å². The quantitative estimate of drug-likeness (QED) is 0.0536. The molecule has 2 amide bonds. The Hall–Kier alpha value is -6.72. The van der Waals surface area contributed by atoms with Crippen LogP contribution in [-0.4, -0.2) is 52.4 Å². The van der Waals surface area contributed by atoms with E-state index in [0.29, 0.717) is 5.56 Å². The van der Waals surface area contributed by atoms with E-state index in [1.807, 2.05) is 140 Å². The number of nitro benzene ring substituents is 1. The van der Waals surface area contributed by atoms with Crippen molar-refractivity contribution in [2.45, 2.75) is 29.2 Å². The predicted molar refractivity (Wildman–Crippen MR) is 220 cm³/mol. The van der Waals surface area contributed by atoms with Crippen LogP contribution >= 0.6 is 11.8 Å². The van der Waals surface area contributed by atoms with Gasteiger partial charge < -0.3 is 20.5 Å². The topological polar surface area (TPSA) is 148 Å². The minimum atomic E-state index is -1.40. The second-order valence-corrected chi connectivity index (χ2v) is 14.9. The van der Waals surface area contributed by atoms with Gasteiger partial charge in [0.1, 0.15) is 18.7 Å². The number of carbonyl (C=O) groups excluding carboxylic acids is 2. The SMILES string of the molecule is O=C(N[C@H](CSC(c1ccccc1)(c1ccccc1)c1ccccc1)C(=O)N[C@@H](Cc1ccc([N+](=O)[O-])cc1)C(=O)O)OCC1c2ccccc2-c2ccccc21. The fraction of sp³-hybridized carbons (Fsp3) is 0.152. The molecule has 0 aliphatic heterocycles. The summed E-state index contributed by atoms with van der Waals surface area (Å²) >= 11 is 1.43. The Morgan fingerprint density at radius 1 is 0.667 bits per heavy atom. The van der Waals surface area contributed by atoms with Gasteiger partial charge in [0, 0.05) is 30.2 Å². The number of nitrogens with zero attached hydrogens (tertiary/aromatic N) is 1. The van der Waals surface area contributed by atoms with Crippen molar-refractivity contribution >= 4 is 35.4 Å². The molecule has 286 valence electrons. The highest BCUT2D eigenvalue weighted by atomic mass is 32.2. The lowest BCUT2D eigenvalue weighted by molar-refractivity contribution is -0.384. The highest BCUT2D eigenvalue weighted by Gasteiger charge is 2.39. The Morgan fingerprint density at radius 2 is 1.14 bits per heavy atom. The number of ether oxygens (including phenoxy) is 1. The first-order valence-electron chi connectivity index (χ1n) is 18.4. The third kappa shape index (κ3) is 8.44. The summed E-state index contributed by atoms with van der Waals surface area (Å²) in [6, 6.07) is 48.4. The van der Waals surface area contributed by atoms with Crippen LogP contribution in [0.2, 0.25) is 0 Å². The molecule has 0 saturated carbocycles. The number of alkyl carbamates (subject to hydrolysis) is 1. The fourth-order valence-corrected chi connectivity index (χ4v) is 8.96. The molecule has 2 atom stereocenters. The number of carboxylic acid groups (broad SMARTS) is 1. The maximum absolute atomic E-state index is 14.3. The molecule has 57 heavy (non-hydrogen) atoms. The van der Waals surface area contributed by atoms with Gasteiger partial charge in [-0.1, -0.05) is 152 Å². The number of carbonyl (C=O) groups is 3. The van der Waals surface area contributed by atoms with Gasteiger partial charge in [0.25, 0.3) is 5.69 Å². The van der Waals surface area contributed by atoms with Gasteiger partial charge in [0.2, 0.25) is 5.91 Å². The highest BCUT2D eigenvalue weighted by Crippen LogP contribution is 2.49. The summed E-state index contributed by atoms with van der Waals surface area (Å²) < 4.78 is 5.02. The molecule has 10 nitrogen and oxygen atoms in total. The smallest absolute Gasteiger partial charge is 0.407 e. The second-order valence-electron chi connectivity index (χ2n) is 13.6. The van der Waals surface area contributed by atoms with E-state index in [4.69, 9.17) is 4.74 Å². The van der Waals surface area contributed by atoms with Gasteiger partial charge in [-0.25, -0.2) is 9.59 Å². The number of hydrogen-bond acceptors (Lipinski definition) is 7. The monoisotopic (exact) mass is 777 g/mol. The van der Waals surface area contributed by atoms with Crippen LogP contribution in [0.3, 0.4) is 0 Å². The highest BCUT2D eigenvalue weighted by molar-refractivity contribution is 8.00. The molecule has 0 saturated heterocycles. The summed E-state index contributed by atoms with van der Waals surface area (Å²) in [5.74, 6) is -2.24. The molecular weight excluding hydrogens is 739 g/mol. The summed E-state index contributed by atoms with van der Waals surface area (Å²) in [6.45, 7) is 0.0151. The number of nitro groups is 1. The summed E-state index contributed by atoms with van der Waals surface area (Å²) in [5, 5.41) is 26.8. The Labute approximate surface area is 334 Å². The van der Waals surface area contributed by atoms with Crippen LogP contribution < -0.4 is 10.6 Å². The molecule has 0 fully saturated rings. The molecule has 0 aromatic heterocycles. The third-order valence-electron chi connectivity index (χ3n) is 10.2. The van der Waals surface area contributed by atoms with Gasteiger partial charge in [-0.15, -0.1) is 11.8 Å². The number of thioether (sulfide) groups is 1. The van der Waals surface area contributed by atoms with Gasteiger partial charge in [-0.05, 0) is 44.5 Å². The largest absolute Gasteiger partial charge is 0.480 e. The number of aliphatic carboxylic acids is 1. The minimum Gasteiger partial charge on any atom is -0.480 e. The molecule has 1 aliphatic rings. The number of nitrogens with one attached hydrogen (secondary N) is 2.